The number of carbonyl (C=O) groups is 3. The van der Waals surface area contributed by atoms with Gasteiger partial charge in [-0.25, -0.2) is 14.6 Å². The van der Waals surface area contributed by atoms with Gasteiger partial charge in [-0.05, 0) is 28.1 Å². The highest BCUT2D eigenvalue weighted by molar-refractivity contribution is 5.95. The van der Waals surface area contributed by atoms with Crippen LogP contribution in [0.25, 0.3) is 5.78 Å². The van der Waals surface area contributed by atoms with Gasteiger partial charge in [0.25, 0.3) is 11.7 Å². The summed E-state index contributed by atoms with van der Waals surface area (Å²) in [5, 5.41) is 22.2. The van der Waals surface area contributed by atoms with E-state index >= 15 is 0 Å². The van der Waals surface area contributed by atoms with Crippen LogP contribution >= 0.6 is 0 Å². The first-order valence-corrected chi connectivity index (χ1v) is 7.27. The van der Waals surface area contributed by atoms with Gasteiger partial charge in [-0.15, -0.1) is 0 Å². The van der Waals surface area contributed by atoms with Crippen molar-refractivity contribution >= 4 is 23.6 Å². The van der Waals surface area contributed by atoms with E-state index < -0.39 is 17.8 Å². The summed E-state index contributed by atoms with van der Waals surface area (Å²) in [6.07, 6.45) is 0. The van der Waals surface area contributed by atoms with Crippen molar-refractivity contribution in [1.82, 2.24) is 30.3 Å². The number of carboxylic acids is 1. The Hall–Kier alpha value is -3.89. The summed E-state index contributed by atoms with van der Waals surface area (Å²) < 4.78 is 5.53. The summed E-state index contributed by atoms with van der Waals surface area (Å²) in [4.78, 5) is 38.8. The second kappa shape index (κ2) is 6.93. The Bertz CT molecular complexity index is 997. The zero-order chi connectivity index (χ0) is 18.7. The van der Waals surface area contributed by atoms with Crippen LogP contribution in [-0.4, -0.2) is 55.1 Å². The third kappa shape index (κ3) is 3.31. The normalized spacial score (nSPS) is 10.5. The molecule has 2 aromatic heterocycles. The van der Waals surface area contributed by atoms with Crippen LogP contribution in [-0.2, 0) is 11.3 Å². The number of methoxy groups -OCH3 is 1. The third-order valence-electron chi connectivity index (χ3n) is 3.45. The van der Waals surface area contributed by atoms with Crippen LogP contribution in [0.4, 0.5) is 0 Å². The molecule has 11 nitrogen and oxygen atoms in total. The standard InChI is InChI=1S/C15H12N6O5/c1-26-14(25)9-4-2-8(3-5-9)7-16-12(22)10-6-11(13(23)24)21-15(17-10)18-19-20-21/h2-6H,7H2,1H3,(H,16,22)(H,23,24). The molecule has 0 aliphatic carbocycles. The maximum Gasteiger partial charge on any atom is 0.354 e. The van der Waals surface area contributed by atoms with E-state index in [1.54, 1.807) is 24.3 Å². The quantitative estimate of drug-likeness (QED) is 0.599. The van der Waals surface area contributed by atoms with Crippen LogP contribution < -0.4 is 5.32 Å². The number of rotatable bonds is 5. The topological polar surface area (TPSA) is 149 Å². The third-order valence-corrected chi connectivity index (χ3v) is 3.45. The van der Waals surface area contributed by atoms with Gasteiger partial charge in [-0.2, -0.15) is 4.52 Å². The first-order valence-electron chi connectivity index (χ1n) is 7.27. The molecule has 132 valence electrons. The molecule has 1 aromatic carbocycles. The number of carbonyl (C=O) groups excluding carboxylic acids is 2. The molecular weight excluding hydrogens is 344 g/mol. The van der Waals surface area contributed by atoms with Crippen molar-refractivity contribution in [3.63, 3.8) is 0 Å². The predicted molar refractivity (Wildman–Crippen MR) is 84.5 cm³/mol. The molecule has 0 aliphatic heterocycles. The van der Waals surface area contributed by atoms with Crippen molar-refractivity contribution in [2.24, 2.45) is 0 Å². The van der Waals surface area contributed by atoms with Crippen molar-refractivity contribution in [3.05, 3.63) is 52.8 Å². The van der Waals surface area contributed by atoms with Gasteiger partial charge in [-0.3, -0.25) is 4.79 Å². The van der Waals surface area contributed by atoms with E-state index in [0.717, 1.165) is 16.1 Å². The van der Waals surface area contributed by atoms with Gasteiger partial charge in [0.2, 0.25) is 0 Å². The maximum absolute atomic E-state index is 12.3. The Balaban J connectivity index is 1.75. The van der Waals surface area contributed by atoms with E-state index in [-0.39, 0.29) is 23.7 Å². The molecule has 0 radical (unpaired) electrons. The Kier molecular flexibility index (Phi) is 4.51. The van der Waals surface area contributed by atoms with Gasteiger partial charge >= 0.3 is 11.9 Å². The molecule has 26 heavy (non-hydrogen) atoms. The number of hydrogen-bond donors (Lipinski definition) is 2. The number of carboxylic acid groups (broad SMARTS) is 1. The van der Waals surface area contributed by atoms with Crippen molar-refractivity contribution in [2.75, 3.05) is 7.11 Å². The zero-order valence-electron chi connectivity index (χ0n) is 13.4. The molecule has 11 heteroatoms. The first-order chi connectivity index (χ1) is 12.5. The monoisotopic (exact) mass is 356 g/mol. The number of nitrogens with zero attached hydrogens (tertiary/aromatic N) is 5. The van der Waals surface area contributed by atoms with Crippen molar-refractivity contribution in [2.45, 2.75) is 6.54 Å². The summed E-state index contributed by atoms with van der Waals surface area (Å²) in [5.74, 6) is -2.44. The van der Waals surface area contributed by atoms with Crippen LogP contribution in [0, 0.1) is 0 Å². The molecule has 0 bridgehead atoms. The minimum Gasteiger partial charge on any atom is -0.477 e. The largest absolute Gasteiger partial charge is 0.477 e. The molecule has 0 saturated heterocycles. The highest BCUT2D eigenvalue weighted by atomic mass is 16.5. The van der Waals surface area contributed by atoms with E-state index in [2.05, 4.69) is 30.6 Å². The summed E-state index contributed by atoms with van der Waals surface area (Å²) in [6, 6.07) is 7.55. The van der Waals surface area contributed by atoms with Crippen molar-refractivity contribution < 1.29 is 24.2 Å². The van der Waals surface area contributed by atoms with Crippen LogP contribution in [0.2, 0.25) is 0 Å². The summed E-state index contributed by atoms with van der Waals surface area (Å²) in [7, 11) is 1.29. The van der Waals surface area contributed by atoms with Crippen molar-refractivity contribution in [3.8, 4) is 0 Å². The number of esters is 1. The fourth-order valence-electron chi connectivity index (χ4n) is 2.16. The molecule has 3 aromatic rings. The SMILES string of the molecule is COC(=O)c1ccc(CNC(=O)c2cc(C(=O)O)n3nnnc3n2)cc1. The Morgan fingerprint density at radius 1 is 1.23 bits per heavy atom. The number of ether oxygens (including phenoxy) is 1. The average molecular weight is 356 g/mol. The van der Waals surface area contributed by atoms with Gasteiger partial charge in [0.15, 0.2) is 5.69 Å². The van der Waals surface area contributed by atoms with E-state index in [1.165, 1.54) is 7.11 Å². The number of aromatic nitrogens is 5. The lowest BCUT2D eigenvalue weighted by atomic mass is 10.1. The zero-order valence-corrected chi connectivity index (χ0v) is 13.4. The Morgan fingerprint density at radius 3 is 2.62 bits per heavy atom. The molecule has 2 heterocycles. The smallest absolute Gasteiger partial charge is 0.354 e. The molecule has 1 amide bonds. The van der Waals surface area contributed by atoms with E-state index in [4.69, 9.17) is 0 Å². The molecule has 0 unspecified atom stereocenters. The number of amides is 1. The van der Waals surface area contributed by atoms with Gasteiger partial charge in [-0.1, -0.05) is 17.2 Å². The number of fused-ring (bicyclic) bond motifs is 1. The molecule has 0 saturated carbocycles. The Morgan fingerprint density at radius 2 is 1.96 bits per heavy atom. The van der Waals surface area contributed by atoms with Crippen LogP contribution in [0.15, 0.2) is 30.3 Å². The number of tetrazole rings is 1. The first kappa shape index (κ1) is 17.0. The maximum atomic E-state index is 12.3. The van der Waals surface area contributed by atoms with Crippen molar-refractivity contribution in [1.29, 1.82) is 0 Å². The summed E-state index contributed by atoms with van der Waals surface area (Å²) in [6.45, 7) is 0.153. The molecule has 0 atom stereocenters. The highest BCUT2D eigenvalue weighted by Gasteiger charge is 2.18. The number of nitrogens with one attached hydrogen (secondary N) is 1. The molecule has 2 N–H and O–H groups in total. The number of benzene rings is 1. The van der Waals surface area contributed by atoms with E-state index in [1.807, 2.05) is 0 Å². The van der Waals surface area contributed by atoms with Gasteiger partial charge in [0, 0.05) is 12.6 Å². The van der Waals surface area contributed by atoms with E-state index in [9.17, 15) is 19.5 Å². The van der Waals surface area contributed by atoms with Gasteiger partial charge in [0.05, 0.1) is 12.7 Å². The van der Waals surface area contributed by atoms with Crippen LogP contribution in [0.1, 0.15) is 36.9 Å². The van der Waals surface area contributed by atoms with Gasteiger partial charge in [0.1, 0.15) is 5.69 Å². The minimum atomic E-state index is -1.29. The molecule has 0 fully saturated rings. The van der Waals surface area contributed by atoms with Crippen LogP contribution in [0.5, 0.6) is 0 Å². The molecular formula is C15H12N6O5. The molecule has 3 rings (SSSR count). The number of hydrogen-bond acceptors (Lipinski definition) is 8. The fourth-order valence-corrected chi connectivity index (χ4v) is 2.16. The fraction of sp³-hybridized carbons (Fsp3) is 0.133. The van der Waals surface area contributed by atoms with Crippen LogP contribution in [0.3, 0.4) is 0 Å². The lowest BCUT2D eigenvalue weighted by Gasteiger charge is -2.07. The van der Waals surface area contributed by atoms with Gasteiger partial charge < -0.3 is 15.2 Å². The highest BCUT2D eigenvalue weighted by Crippen LogP contribution is 2.08. The predicted octanol–water partition coefficient (Wildman–Crippen LogP) is -0.0659. The lowest BCUT2D eigenvalue weighted by Crippen LogP contribution is -2.25. The van der Waals surface area contributed by atoms with E-state index in [0.29, 0.717) is 5.56 Å². The minimum absolute atomic E-state index is 0.0996. The molecule has 0 aliphatic rings. The molecule has 0 spiro atoms. The lowest BCUT2D eigenvalue weighted by molar-refractivity contribution is 0.0599. The second-order valence-corrected chi connectivity index (χ2v) is 5.09. The average Bonchev–Trinajstić information content (AvgIpc) is 3.13. The summed E-state index contributed by atoms with van der Waals surface area (Å²) in [5.41, 5.74) is 0.707. The second-order valence-electron chi connectivity index (χ2n) is 5.09. The number of aromatic carboxylic acids is 1. The Labute approximate surface area is 145 Å². The summed E-state index contributed by atoms with van der Waals surface area (Å²) >= 11 is 0.